The summed E-state index contributed by atoms with van der Waals surface area (Å²) in [5.74, 6) is -0.237. The molecule has 0 aliphatic rings. The number of hydrogen-bond acceptors (Lipinski definition) is 6. The van der Waals surface area contributed by atoms with Gasteiger partial charge in [0.15, 0.2) is 5.16 Å². The third kappa shape index (κ3) is 5.98. The van der Waals surface area contributed by atoms with Gasteiger partial charge < -0.3 is 19.9 Å². The number of methoxy groups -OCH3 is 1. The molecule has 1 heterocycles. The Bertz CT molecular complexity index is 1120. The molecule has 2 N–H and O–H groups in total. The fourth-order valence-corrected chi connectivity index (χ4v) is 3.86. The molecule has 0 spiro atoms. The van der Waals surface area contributed by atoms with Crippen LogP contribution in [0, 0.1) is 5.82 Å². The van der Waals surface area contributed by atoms with Gasteiger partial charge >= 0.3 is 0 Å². The van der Waals surface area contributed by atoms with E-state index in [0.29, 0.717) is 34.0 Å². The van der Waals surface area contributed by atoms with Crippen molar-refractivity contribution in [2.24, 2.45) is 0 Å². The number of carbonyl (C=O) groups excluding carboxylic acids is 2. The number of aromatic nitrogens is 3. The fourth-order valence-electron chi connectivity index (χ4n) is 2.87. The quantitative estimate of drug-likeness (QED) is 0.452. The second-order valence-electron chi connectivity index (χ2n) is 6.53. The molecule has 0 atom stereocenters. The van der Waals surface area contributed by atoms with Crippen molar-refractivity contribution in [2.45, 2.75) is 25.0 Å². The number of amides is 2. The molecule has 2 amide bonds. The largest absolute Gasteiger partial charge is 0.495 e. The molecule has 0 fully saturated rings. The van der Waals surface area contributed by atoms with E-state index in [1.54, 1.807) is 34.9 Å². The van der Waals surface area contributed by atoms with Gasteiger partial charge in [-0.3, -0.25) is 9.59 Å². The van der Waals surface area contributed by atoms with E-state index in [1.165, 1.54) is 31.0 Å². The molecule has 3 rings (SSSR count). The minimum atomic E-state index is -0.517. The lowest BCUT2D eigenvalue weighted by atomic mass is 10.3. The summed E-state index contributed by atoms with van der Waals surface area (Å²) in [6, 6.07) is 10.8. The summed E-state index contributed by atoms with van der Waals surface area (Å²) >= 11 is 7.17. The zero-order chi connectivity index (χ0) is 23.1. The predicted octanol–water partition coefficient (Wildman–Crippen LogP) is 4.01. The van der Waals surface area contributed by atoms with Crippen molar-refractivity contribution >= 4 is 46.6 Å². The lowest BCUT2D eigenvalue weighted by Crippen LogP contribution is -2.18. The van der Waals surface area contributed by atoms with Crippen molar-refractivity contribution in [1.29, 1.82) is 0 Å². The highest BCUT2D eigenvalue weighted by Gasteiger charge is 2.17. The normalized spacial score (nSPS) is 10.6. The van der Waals surface area contributed by atoms with Crippen LogP contribution in [0.5, 0.6) is 5.75 Å². The molecule has 11 heteroatoms. The highest BCUT2D eigenvalue weighted by molar-refractivity contribution is 7.99. The number of nitrogens with zero attached hydrogens (tertiary/aromatic N) is 3. The first-order chi connectivity index (χ1) is 15.4. The summed E-state index contributed by atoms with van der Waals surface area (Å²) < 4.78 is 20.7. The molecule has 0 unspecified atom stereocenters. The van der Waals surface area contributed by atoms with Gasteiger partial charge in [0, 0.05) is 11.6 Å². The summed E-state index contributed by atoms with van der Waals surface area (Å²) in [5.41, 5.74) is 0.566. The first kappa shape index (κ1) is 23.6. The van der Waals surface area contributed by atoms with Crippen molar-refractivity contribution in [3.05, 3.63) is 59.1 Å². The topological polar surface area (TPSA) is 98.1 Å². The number of benzene rings is 2. The van der Waals surface area contributed by atoms with E-state index in [4.69, 9.17) is 16.3 Å². The zero-order valence-electron chi connectivity index (χ0n) is 17.4. The predicted molar refractivity (Wildman–Crippen MR) is 122 cm³/mol. The van der Waals surface area contributed by atoms with Crippen LogP contribution in [0.3, 0.4) is 0 Å². The molecule has 0 aliphatic carbocycles. The molecular formula is C21H21ClFN5O3S. The molecule has 0 saturated carbocycles. The van der Waals surface area contributed by atoms with Gasteiger partial charge in [-0.05, 0) is 37.3 Å². The Hall–Kier alpha value is -3.11. The number of carbonyl (C=O) groups is 2. The Morgan fingerprint density at radius 1 is 1.12 bits per heavy atom. The maximum Gasteiger partial charge on any atom is 0.234 e. The van der Waals surface area contributed by atoms with Gasteiger partial charge in [0.2, 0.25) is 11.8 Å². The van der Waals surface area contributed by atoms with E-state index >= 15 is 0 Å². The monoisotopic (exact) mass is 477 g/mol. The van der Waals surface area contributed by atoms with Gasteiger partial charge in [-0.15, -0.1) is 10.2 Å². The molecule has 0 radical (unpaired) electrons. The van der Waals surface area contributed by atoms with E-state index in [0.717, 1.165) is 0 Å². The van der Waals surface area contributed by atoms with Crippen molar-refractivity contribution in [3.63, 3.8) is 0 Å². The van der Waals surface area contributed by atoms with Crippen LogP contribution in [0.2, 0.25) is 5.02 Å². The number of ether oxygens (including phenoxy) is 1. The van der Waals surface area contributed by atoms with Gasteiger partial charge in [0.1, 0.15) is 17.4 Å². The highest BCUT2D eigenvalue weighted by Crippen LogP contribution is 2.28. The second kappa shape index (κ2) is 11.0. The highest BCUT2D eigenvalue weighted by atomic mass is 35.5. The Labute approximate surface area is 193 Å². The lowest BCUT2D eigenvalue weighted by molar-refractivity contribution is -0.116. The van der Waals surface area contributed by atoms with Crippen LogP contribution in [0.25, 0.3) is 0 Å². The summed E-state index contributed by atoms with van der Waals surface area (Å²) in [7, 11) is 1.50. The van der Waals surface area contributed by atoms with Crippen molar-refractivity contribution < 1.29 is 18.7 Å². The lowest BCUT2D eigenvalue weighted by Gasteiger charge is -2.11. The molecule has 2 aromatic carbocycles. The molecular weight excluding hydrogens is 457 g/mol. The molecule has 168 valence electrons. The number of anilines is 2. The van der Waals surface area contributed by atoms with Gasteiger partial charge in [0.25, 0.3) is 0 Å². The number of para-hydroxylation sites is 1. The van der Waals surface area contributed by atoms with Gasteiger partial charge in [-0.2, -0.15) is 0 Å². The van der Waals surface area contributed by atoms with E-state index in [9.17, 15) is 14.0 Å². The van der Waals surface area contributed by atoms with Gasteiger partial charge in [-0.25, -0.2) is 4.39 Å². The summed E-state index contributed by atoms with van der Waals surface area (Å²) in [5, 5.41) is 14.4. The molecule has 32 heavy (non-hydrogen) atoms. The average molecular weight is 478 g/mol. The average Bonchev–Trinajstić information content (AvgIpc) is 3.15. The van der Waals surface area contributed by atoms with Crippen LogP contribution < -0.4 is 15.4 Å². The first-order valence-electron chi connectivity index (χ1n) is 9.64. The number of hydrogen-bond donors (Lipinski definition) is 2. The maximum atomic E-state index is 13.7. The van der Waals surface area contributed by atoms with E-state index in [-0.39, 0.29) is 23.8 Å². The summed E-state index contributed by atoms with van der Waals surface area (Å²) in [6.07, 6.45) is -0.0817. The minimum Gasteiger partial charge on any atom is -0.495 e. The Morgan fingerprint density at radius 2 is 1.88 bits per heavy atom. The third-order valence-electron chi connectivity index (χ3n) is 4.34. The van der Waals surface area contributed by atoms with Crippen LogP contribution in [-0.2, 0) is 22.6 Å². The van der Waals surface area contributed by atoms with Crippen LogP contribution in [0.15, 0.2) is 47.6 Å². The van der Waals surface area contributed by atoms with Crippen molar-refractivity contribution in [2.75, 3.05) is 23.5 Å². The SMILES string of the molecule is CCn1c(CC(=O)Nc2ccccc2F)nnc1SCC(=O)Nc1cc(Cl)ccc1OC. The Balaban J connectivity index is 1.61. The van der Waals surface area contributed by atoms with Gasteiger partial charge in [-0.1, -0.05) is 35.5 Å². The molecule has 3 aromatic rings. The molecule has 0 aliphatic heterocycles. The molecule has 0 bridgehead atoms. The summed E-state index contributed by atoms with van der Waals surface area (Å²) in [6.45, 7) is 2.38. The Morgan fingerprint density at radius 3 is 2.59 bits per heavy atom. The standard InChI is InChI=1S/C21H21ClFN5O3S/c1-3-28-18(11-19(29)24-15-7-5-4-6-14(15)23)26-27-21(28)32-12-20(30)25-16-10-13(22)8-9-17(16)31-2/h4-10H,3,11-12H2,1-2H3,(H,24,29)(H,25,30). The van der Waals surface area contributed by atoms with Crippen molar-refractivity contribution in [1.82, 2.24) is 14.8 Å². The van der Waals surface area contributed by atoms with Crippen LogP contribution in [0.4, 0.5) is 15.8 Å². The van der Waals surface area contributed by atoms with Crippen LogP contribution >= 0.6 is 23.4 Å². The Kier molecular flexibility index (Phi) is 8.07. The van der Waals surface area contributed by atoms with E-state index in [2.05, 4.69) is 20.8 Å². The smallest absolute Gasteiger partial charge is 0.234 e. The van der Waals surface area contributed by atoms with Gasteiger partial charge in [0.05, 0.1) is 30.7 Å². The fraction of sp³-hybridized carbons (Fsp3) is 0.238. The second-order valence-corrected chi connectivity index (χ2v) is 7.91. The molecule has 0 saturated heterocycles. The molecule has 8 nitrogen and oxygen atoms in total. The van der Waals surface area contributed by atoms with E-state index in [1.807, 2.05) is 6.92 Å². The number of halogens is 2. The van der Waals surface area contributed by atoms with Crippen LogP contribution in [-0.4, -0.2) is 39.4 Å². The molecule has 1 aromatic heterocycles. The van der Waals surface area contributed by atoms with Crippen molar-refractivity contribution in [3.8, 4) is 5.75 Å². The number of nitrogens with one attached hydrogen (secondary N) is 2. The van der Waals surface area contributed by atoms with E-state index < -0.39 is 11.7 Å². The summed E-state index contributed by atoms with van der Waals surface area (Å²) in [4.78, 5) is 24.7. The zero-order valence-corrected chi connectivity index (χ0v) is 19.0. The number of rotatable bonds is 9. The minimum absolute atomic E-state index is 0.0647. The maximum absolute atomic E-state index is 13.7. The third-order valence-corrected chi connectivity index (χ3v) is 5.55. The first-order valence-corrected chi connectivity index (χ1v) is 11.0. The van der Waals surface area contributed by atoms with Crippen LogP contribution in [0.1, 0.15) is 12.7 Å². The number of thioether (sulfide) groups is 1.